The second-order valence-electron chi connectivity index (χ2n) is 5.57. The van der Waals surface area contributed by atoms with Gasteiger partial charge in [0.15, 0.2) is 17.3 Å². The highest BCUT2D eigenvalue weighted by molar-refractivity contribution is 5.82. The molecule has 1 N–H and O–H groups in total. The Kier molecular flexibility index (Phi) is 2.74. The van der Waals surface area contributed by atoms with Crippen LogP contribution in [0.15, 0.2) is 28.8 Å². The Labute approximate surface area is 120 Å². The van der Waals surface area contributed by atoms with Crippen molar-refractivity contribution < 1.29 is 13.7 Å². The maximum Gasteiger partial charge on any atom is 0.174 e. The fourth-order valence-corrected chi connectivity index (χ4v) is 2.52. The fourth-order valence-electron chi connectivity index (χ4n) is 2.52. The molecule has 1 saturated carbocycles. The van der Waals surface area contributed by atoms with Crippen molar-refractivity contribution in [2.24, 2.45) is 0 Å². The number of hydrogen-bond acceptors (Lipinski definition) is 3. The van der Waals surface area contributed by atoms with Crippen LogP contribution in [0.4, 0.5) is 4.39 Å². The van der Waals surface area contributed by atoms with Gasteiger partial charge in [-0.1, -0.05) is 5.16 Å². The number of benzene rings is 1. The average Bonchev–Trinajstić information content (AvgIpc) is 3.08. The van der Waals surface area contributed by atoms with E-state index in [4.69, 9.17) is 9.26 Å². The van der Waals surface area contributed by atoms with Crippen molar-refractivity contribution in [3.05, 3.63) is 47.2 Å². The van der Waals surface area contributed by atoms with Crippen LogP contribution in [0.2, 0.25) is 0 Å². The van der Waals surface area contributed by atoms with Gasteiger partial charge in [0, 0.05) is 28.6 Å². The second kappa shape index (κ2) is 4.62. The van der Waals surface area contributed by atoms with E-state index >= 15 is 0 Å². The third kappa shape index (κ3) is 2.28. The molecule has 1 aliphatic rings. The standard InChI is InChI=1S/C16H15FN2O2/c1-9-6-12-13(18-9)4-5-15(16(12)17)20-8-11-7-14(19-21-11)10-2-3-10/h4-7,10,18H,2-3,8H2,1H3. The highest BCUT2D eigenvalue weighted by Gasteiger charge is 2.27. The molecule has 0 amide bonds. The van der Waals surface area contributed by atoms with Crippen LogP contribution in [0.1, 0.15) is 35.9 Å². The molecular formula is C16H15FN2O2. The van der Waals surface area contributed by atoms with Gasteiger partial charge in [0.25, 0.3) is 0 Å². The number of aromatic amines is 1. The topological polar surface area (TPSA) is 51.1 Å². The Bertz CT molecular complexity index is 802. The van der Waals surface area contributed by atoms with Crippen molar-refractivity contribution in [3.8, 4) is 5.75 Å². The molecule has 1 aliphatic carbocycles. The lowest BCUT2D eigenvalue weighted by molar-refractivity contribution is 0.240. The summed E-state index contributed by atoms with van der Waals surface area (Å²) in [4.78, 5) is 3.10. The first-order valence-corrected chi connectivity index (χ1v) is 7.07. The molecule has 0 radical (unpaired) electrons. The van der Waals surface area contributed by atoms with Gasteiger partial charge in [-0.05, 0) is 38.0 Å². The van der Waals surface area contributed by atoms with Gasteiger partial charge in [-0.2, -0.15) is 0 Å². The molecular weight excluding hydrogens is 271 g/mol. The first kappa shape index (κ1) is 12.4. The molecule has 4 rings (SSSR count). The molecule has 0 saturated heterocycles. The Balaban J connectivity index is 1.54. The Morgan fingerprint density at radius 3 is 3.05 bits per heavy atom. The summed E-state index contributed by atoms with van der Waals surface area (Å²) in [6.07, 6.45) is 2.34. The van der Waals surface area contributed by atoms with E-state index < -0.39 is 0 Å². The molecule has 4 nitrogen and oxygen atoms in total. The predicted molar refractivity (Wildman–Crippen MR) is 75.8 cm³/mol. The van der Waals surface area contributed by atoms with Gasteiger partial charge in [-0.3, -0.25) is 0 Å². The number of aromatic nitrogens is 2. The largest absolute Gasteiger partial charge is 0.482 e. The monoisotopic (exact) mass is 286 g/mol. The number of halogens is 1. The summed E-state index contributed by atoms with van der Waals surface area (Å²) in [6.45, 7) is 2.08. The van der Waals surface area contributed by atoms with Gasteiger partial charge in [0.2, 0.25) is 0 Å². The van der Waals surface area contributed by atoms with E-state index in [1.807, 2.05) is 19.1 Å². The number of nitrogens with one attached hydrogen (secondary N) is 1. The Hall–Kier alpha value is -2.30. The zero-order valence-corrected chi connectivity index (χ0v) is 11.6. The number of nitrogens with zero attached hydrogens (tertiary/aromatic N) is 1. The number of H-pyrrole nitrogens is 1. The fraction of sp³-hybridized carbons (Fsp3) is 0.312. The number of rotatable bonds is 4. The van der Waals surface area contributed by atoms with Crippen LogP contribution in [-0.2, 0) is 6.61 Å². The van der Waals surface area contributed by atoms with E-state index in [9.17, 15) is 4.39 Å². The molecule has 1 fully saturated rings. The van der Waals surface area contributed by atoms with Crippen molar-refractivity contribution in [1.82, 2.24) is 10.1 Å². The van der Waals surface area contributed by atoms with Gasteiger partial charge < -0.3 is 14.2 Å². The van der Waals surface area contributed by atoms with Crippen LogP contribution in [0.25, 0.3) is 10.9 Å². The summed E-state index contributed by atoms with van der Waals surface area (Å²) in [6, 6.07) is 7.12. The highest BCUT2D eigenvalue weighted by atomic mass is 19.1. The first-order valence-electron chi connectivity index (χ1n) is 7.07. The van der Waals surface area contributed by atoms with Crippen molar-refractivity contribution in [3.63, 3.8) is 0 Å². The minimum atomic E-state index is -0.348. The molecule has 108 valence electrons. The molecule has 0 aliphatic heterocycles. The normalized spacial score (nSPS) is 14.8. The summed E-state index contributed by atoms with van der Waals surface area (Å²) >= 11 is 0. The highest BCUT2D eigenvalue weighted by Crippen LogP contribution is 2.39. The first-order chi connectivity index (χ1) is 10.2. The second-order valence-corrected chi connectivity index (χ2v) is 5.57. The quantitative estimate of drug-likeness (QED) is 0.787. The van der Waals surface area contributed by atoms with Crippen molar-refractivity contribution >= 4 is 10.9 Å². The van der Waals surface area contributed by atoms with E-state index in [1.54, 1.807) is 12.1 Å². The lowest BCUT2D eigenvalue weighted by Crippen LogP contribution is -1.96. The van der Waals surface area contributed by atoms with E-state index in [-0.39, 0.29) is 18.2 Å². The van der Waals surface area contributed by atoms with E-state index in [0.29, 0.717) is 17.1 Å². The summed E-state index contributed by atoms with van der Waals surface area (Å²) in [7, 11) is 0. The van der Waals surface area contributed by atoms with Crippen LogP contribution in [0.5, 0.6) is 5.75 Å². The van der Waals surface area contributed by atoms with Crippen LogP contribution < -0.4 is 4.74 Å². The van der Waals surface area contributed by atoms with Gasteiger partial charge in [0.1, 0.15) is 6.61 Å². The van der Waals surface area contributed by atoms with Gasteiger partial charge >= 0.3 is 0 Å². The molecule has 0 unspecified atom stereocenters. The minimum absolute atomic E-state index is 0.186. The van der Waals surface area contributed by atoms with Gasteiger partial charge in [-0.15, -0.1) is 0 Å². The minimum Gasteiger partial charge on any atom is -0.482 e. The summed E-state index contributed by atoms with van der Waals surface area (Å²) in [5.41, 5.74) is 2.67. The molecule has 21 heavy (non-hydrogen) atoms. The molecule has 0 atom stereocenters. The number of aryl methyl sites for hydroxylation is 1. The number of ether oxygens (including phenoxy) is 1. The van der Waals surface area contributed by atoms with E-state index in [1.165, 1.54) is 12.8 Å². The molecule has 2 heterocycles. The summed E-state index contributed by atoms with van der Waals surface area (Å²) in [5, 5.41) is 4.56. The van der Waals surface area contributed by atoms with E-state index in [0.717, 1.165) is 16.9 Å². The number of hydrogen-bond donors (Lipinski definition) is 1. The van der Waals surface area contributed by atoms with Crippen LogP contribution >= 0.6 is 0 Å². The Morgan fingerprint density at radius 1 is 1.38 bits per heavy atom. The zero-order valence-electron chi connectivity index (χ0n) is 11.6. The molecule has 0 spiro atoms. The van der Waals surface area contributed by atoms with E-state index in [2.05, 4.69) is 10.1 Å². The predicted octanol–water partition coefficient (Wildman–Crippen LogP) is 4.06. The van der Waals surface area contributed by atoms with Crippen molar-refractivity contribution in [2.75, 3.05) is 0 Å². The smallest absolute Gasteiger partial charge is 0.174 e. The van der Waals surface area contributed by atoms with Crippen molar-refractivity contribution in [2.45, 2.75) is 32.3 Å². The molecule has 3 aromatic rings. The van der Waals surface area contributed by atoms with Crippen LogP contribution in [0, 0.1) is 12.7 Å². The van der Waals surface area contributed by atoms with Gasteiger partial charge in [0.05, 0.1) is 5.69 Å². The van der Waals surface area contributed by atoms with Crippen LogP contribution in [-0.4, -0.2) is 10.1 Å². The SMILES string of the molecule is Cc1cc2c(F)c(OCc3cc(C4CC4)no3)ccc2[nH]1. The number of fused-ring (bicyclic) bond motifs is 1. The Morgan fingerprint density at radius 2 is 2.24 bits per heavy atom. The van der Waals surface area contributed by atoms with Crippen LogP contribution in [0.3, 0.4) is 0 Å². The maximum atomic E-state index is 14.3. The lowest BCUT2D eigenvalue weighted by Gasteiger charge is -2.05. The third-order valence-corrected chi connectivity index (χ3v) is 3.78. The van der Waals surface area contributed by atoms with Crippen molar-refractivity contribution in [1.29, 1.82) is 0 Å². The molecule has 5 heteroatoms. The maximum absolute atomic E-state index is 14.3. The molecule has 1 aromatic carbocycles. The molecule has 2 aromatic heterocycles. The lowest BCUT2D eigenvalue weighted by atomic mass is 10.2. The molecule has 0 bridgehead atoms. The zero-order chi connectivity index (χ0) is 14.4. The summed E-state index contributed by atoms with van der Waals surface area (Å²) < 4.78 is 25.1. The average molecular weight is 286 g/mol. The van der Waals surface area contributed by atoms with Gasteiger partial charge in [-0.25, -0.2) is 4.39 Å². The summed E-state index contributed by atoms with van der Waals surface area (Å²) in [5.74, 6) is 1.05. The third-order valence-electron chi connectivity index (χ3n) is 3.78.